The number of hydrogen-bond acceptors (Lipinski definition) is 2. The van der Waals surface area contributed by atoms with Crippen LogP contribution in [0.5, 0.6) is 0 Å². The molecule has 169 valence electrons. The first-order chi connectivity index (χ1) is 13.7. The molecule has 1 saturated carbocycles. The normalized spacial score (nSPS) is 30.9. The van der Waals surface area contributed by atoms with Crippen LogP contribution in [0.3, 0.4) is 0 Å². The summed E-state index contributed by atoms with van der Waals surface area (Å²) in [4.78, 5) is 0. The van der Waals surface area contributed by atoms with E-state index in [1.165, 1.54) is 19.3 Å². The number of halogens is 2. The van der Waals surface area contributed by atoms with Crippen LogP contribution in [-0.4, -0.2) is 76.5 Å². The Hall–Kier alpha value is 0.819. The summed E-state index contributed by atoms with van der Waals surface area (Å²) in [5.41, 5.74) is 11.5. The molecule has 10 heteroatoms. The molecule has 0 aromatic carbocycles. The zero-order chi connectivity index (χ0) is 20.5. The fourth-order valence-corrected chi connectivity index (χ4v) is 3.63. The Bertz CT molecular complexity index is 358. The van der Waals surface area contributed by atoms with Crippen molar-refractivity contribution in [3.8, 4) is 0 Å². The second-order valence-corrected chi connectivity index (χ2v) is 9.10. The van der Waals surface area contributed by atoms with Gasteiger partial charge in [-0.3, -0.25) is 0 Å². The SMILES string of the molecule is NCC[C@H]1C[N-][C@@H](CCN)C[N-][C@@H]2CCCC[C@H]2[N-]CC[N-]CC[N-]1.[Cl][Mn][Cl]. The van der Waals surface area contributed by atoms with Gasteiger partial charge in [-0.2, -0.15) is 63.4 Å². The Morgan fingerprint density at radius 1 is 0.714 bits per heavy atom. The molecule has 2 fully saturated rings. The van der Waals surface area contributed by atoms with Gasteiger partial charge in [0.05, 0.1) is 0 Å². The number of nitrogens with zero attached hydrogens (tertiary/aromatic N) is 5. The summed E-state index contributed by atoms with van der Waals surface area (Å²) in [6, 6.07) is 1.15. The van der Waals surface area contributed by atoms with Crippen molar-refractivity contribution >= 4 is 20.2 Å². The summed E-state index contributed by atoms with van der Waals surface area (Å²) in [7, 11) is 9.59. The second kappa shape index (κ2) is 18.6. The fourth-order valence-electron chi connectivity index (χ4n) is 3.63. The van der Waals surface area contributed by atoms with Crippen molar-refractivity contribution in [2.75, 3.05) is 52.4 Å². The summed E-state index contributed by atoms with van der Waals surface area (Å²) in [5.74, 6) is 0. The summed E-state index contributed by atoms with van der Waals surface area (Å²) < 4.78 is 0. The van der Waals surface area contributed by atoms with E-state index in [2.05, 4.69) is 5.32 Å². The van der Waals surface area contributed by atoms with Crippen LogP contribution in [0.2, 0.25) is 0 Å². The molecule has 2 aliphatic rings. The van der Waals surface area contributed by atoms with E-state index in [-0.39, 0.29) is 25.2 Å². The minimum atomic E-state index is 0.00694. The third kappa shape index (κ3) is 12.5. The molecule has 1 aliphatic carbocycles. The predicted octanol–water partition coefficient (Wildman–Crippen LogP) is 3.99. The van der Waals surface area contributed by atoms with Crippen LogP contribution in [0.4, 0.5) is 0 Å². The van der Waals surface area contributed by atoms with Gasteiger partial charge < -0.3 is 38.1 Å². The van der Waals surface area contributed by atoms with Gasteiger partial charge in [-0.25, -0.2) is 0 Å². The Kier molecular flexibility index (Phi) is 17.8. The maximum absolute atomic E-state index is 5.79. The Balaban J connectivity index is 0.00000122. The van der Waals surface area contributed by atoms with Crippen molar-refractivity contribution in [3.63, 3.8) is 0 Å². The number of rotatable bonds is 4. The van der Waals surface area contributed by atoms with Gasteiger partial charge >= 0.3 is 33.3 Å². The minimum absolute atomic E-state index is 0.00694. The number of hydrogen-bond donors (Lipinski definition) is 2. The average Bonchev–Trinajstić information content (AvgIpc) is 2.70. The maximum atomic E-state index is 5.79. The van der Waals surface area contributed by atoms with Gasteiger partial charge in [-0.15, -0.1) is 0 Å². The molecule has 1 saturated heterocycles. The molecule has 0 unspecified atom stereocenters. The van der Waals surface area contributed by atoms with Gasteiger partial charge in [0.2, 0.25) is 0 Å². The second-order valence-electron chi connectivity index (χ2n) is 7.15. The van der Waals surface area contributed by atoms with E-state index < -0.39 is 0 Å². The molecule has 28 heavy (non-hydrogen) atoms. The van der Waals surface area contributed by atoms with Gasteiger partial charge in [0, 0.05) is 0 Å². The standard InChI is InChI=1S/C18H36N7.2ClH.Mn/c19-7-5-15-13-24-16(6-8-20)14-25-18-4-2-1-3-17(18)23-12-10-21-9-11-22-15;;;/h15-18H,1-14,19-20H2;2*1H;/q-5;;;+2/p-2/t15-,16-,17+,18+;;;/m0.../s1. The molecule has 0 aromatic rings. The van der Waals surface area contributed by atoms with Crippen LogP contribution in [0.1, 0.15) is 38.5 Å². The van der Waals surface area contributed by atoms with E-state index in [4.69, 9.17) is 52.9 Å². The van der Waals surface area contributed by atoms with E-state index in [1.54, 1.807) is 0 Å². The van der Waals surface area contributed by atoms with E-state index in [0.29, 0.717) is 25.2 Å². The quantitative estimate of drug-likeness (QED) is 0.596. The Morgan fingerprint density at radius 2 is 1.21 bits per heavy atom. The first kappa shape index (κ1) is 26.9. The molecule has 4 atom stereocenters. The molecular formula is C18H36Cl2MnN7-5. The number of nitrogens with two attached hydrogens (primary N) is 2. The molecule has 0 spiro atoms. The van der Waals surface area contributed by atoms with Crippen molar-refractivity contribution < 1.29 is 13.1 Å². The topological polar surface area (TPSA) is 123 Å². The predicted molar refractivity (Wildman–Crippen MR) is 119 cm³/mol. The zero-order valence-corrected chi connectivity index (χ0v) is 19.4. The Labute approximate surface area is 186 Å². The average molecular weight is 476 g/mol. The van der Waals surface area contributed by atoms with Crippen molar-refractivity contribution in [3.05, 3.63) is 26.6 Å². The van der Waals surface area contributed by atoms with Crippen molar-refractivity contribution in [2.24, 2.45) is 11.5 Å². The molecule has 0 radical (unpaired) electrons. The van der Waals surface area contributed by atoms with Crippen LogP contribution in [0.15, 0.2) is 0 Å². The van der Waals surface area contributed by atoms with Crippen LogP contribution < -0.4 is 11.5 Å². The number of fused-ring (bicyclic) bond motifs is 1. The summed E-state index contributed by atoms with van der Waals surface area (Å²) in [5, 5.41) is 24.1. The molecule has 7 nitrogen and oxygen atoms in total. The summed E-state index contributed by atoms with van der Waals surface area (Å²) >= 11 is 0.00694. The van der Waals surface area contributed by atoms with E-state index in [1.807, 2.05) is 0 Å². The third-order valence-electron chi connectivity index (χ3n) is 5.09. The molecule has 1 heterocycles. The van der Waals surface area contributed by atoms with E-state index in [9.17, 15) is 0 Å². The fraction of sp³-hybridized carbons (Fsp3) is 1.00. The van der Waals surface area contributed by atoms with Crippen LogP contribution in [0, 0.1) is 0 Å². The molecule has 4 N–H and O–H groups in total. The van der Waals surface area contributed by atoms with Gasteiger partial charge in [0.1, 0.15) is 0 Å². The van der Waals surface area contributed by atoms with Crippen LogP contribution >= 0.6 is 20.2 Å². The monoisotopic (exact) mass is 475 g/mol. The van der Waals surface area contributed by atoms with E-state index >= 15 is 0 Å². The molecule has 0 bridgehead atoms. The molecule has 1 aliphatic heterocycles. The van der Waals surface area contributed by atoms with Crippen molar-refractivity contribution in [1.82, 2.24) is 0 Å². The molecule has 0 aromatic heterocycles. The van der Waals surface area contributed by atoms with E-state index in [0.717, 1.165) is 58.5 Å². The summed E-state index contributed by atoms with van der Waals surface area (Å²) in [6.45, 7) is 5.97. The summed E-state index contributed by atoms with van der Waals surface area (Å²) in [6.07, 6.45) is 6.64. The first-order valence-corrected chi connectivity index (χ1v) is 13.6. The van der Waals surface area contributed by atoms with Gasteiger partial charge in [-0.1, -0.05) is 38.5 Å². The van der Waals surface area contributed by atoms with Gasteiger partial charge in [-0.05, 0) is 13.1 Å². The van der Waals surface area contributed by atoms with Gasteiger partial charge in [0.25, 0.3) is 0 Å². The Morgan fingerprint density at radius 3 is 1.82 bits per heavy atom. The first-order valence-electron chi connectivity index (χ1n) is 10.3. The third-order valence-corrected chi connectivity index (χ3v) is 5.09. The van der Waals surface area contributed by atoms with Crippen molar-refractivity contribution in [2.45, 2.75) is 62.7 Å². The van der Waals surface area contributed by atoms with Gasteiger partial charge in [0.15, 0.2) is 0 Å². The van der Waals surface area contributed by atoms with Crippen LogP contribution in [-0.2, 0) is 13.1 Å². The van der Waals surface area contributed by atoms with Crippen molar-refractivity contribution in [1.29, 1.82) is 0 Å². The molecular weight excluding hydrogens is 440 g/mol. The molecule has 2 rings (SSSR count). The molecule has 0 amide bonds. The zero-order valence-electron chi connectivity index (χ0n) is 16.7. The van der Waals surface area contributed by atoms with Crippen LogP contribution in [0.25, 0.3) is 26.6 Å².